The monoisotopic (exact) mass is 445 g/mol. The smallest absolute Gasteiger partial charge is 0.299 e. The highest BCUT2D eigenvalue weighted by atomic mass is 32.2. The van der Waals surface area contributed by atoms with Gasteiger partial charge in [0, 0.05) is 12.0 Å². The molecule has 160 valence electrons. The van der Waals surface area contributed by atoms with Gasteiger partial charge in [0.05, 0.1) is 5.41 Å². The van der Waals surface area contributed by atoms with E-state index in [2.05, 4.69) is 5.16 Å². The highest BCUT2D eigenvalue weighted by Crippen LogP contribution is 2.64. The predicted molar refractivity (Wildman–Crippen MR) is 121 cm³/mol. The van der Waals surface area contributed by atoms with Crippen LogP contribution in [0.15, 0.2) is 46.5 Å². The predicted octanol–water partition coefficient (Wildman–Crippen LogP) is 5.08. The number of rotatable bonds is 5. The van der Waals surface area contributed by atoms with Gasteiger partial charge in [0.15, 0.2) is 0 Å². The van der Waals surface area contributed by atoms with Crippen molar-refractivity contribution in [1.82, 2.24) is 0 Å². The number of carbonyl (C=O) groups excluding carboxylic acids is 1. The Kier molecular flexibility index (Phi) is 5.26. The Balaban J connectivity index is 1.58. The highest BCUT2D eigenvalue weighted by molar-refractivity contribution is 8.17. The minimum atomic E-state index is -3.99. The largest absolute Gasteiger partial charge is 0.329 e. The number of allylic oxidation sites excluding steroid dienone is 2. The van der Waals surface area contributed by atoms with Gasteiger partial charge in [-0.3, -0.25) is 9.08 Å². The number of hydrogen-bond donors (Lipinski definition) is 0. The lowest BCUT2D eigenvalue weighted by Crippen LogP contribution is -2.42. The van der Waals surface area contributed by atoms with Crippen LogP contribution in [0.3, 0.4) is 0 Å². The van der Waals surface area contributed by atoms with E-state index in [-0.39, 0.29) is 22.9 Å². The first-order valence-corrected chi connectivity index (χ1v) is 12.7. The number of oxime groups is 1. The molecule has 3 aliphatic rings. The molecule has 2 unspecified atom stereocenters. The Morgan fingerprint density at radius 2 is 2.03 bits per heavy atom. The molecule has 0 N–H and O–H groups in total. The summed E-state index contributed by atoms with van der Waals surface area (Å²) < 4.78 is 30.8. The number of aryl methyl sites for hydroxylation is 1. The van der Waals surface area contributed by atoms with E-state index in [4.69, 9.17) is 4.28 Å². The summed E-state index contributed by atoms with van der Waals surface area (Å²) in [4.78, 5) is 12.7. The Morgan fingerprint density at radius 1 is 1.30 bits per heavy atom. The van der Waals surface area contributed by atoms with Gasteiger partial charge < -0.3 is 0 Å². The fourth-order valence-corrected chi connectivity index (χ4v) is 7.65. The van der Waals surface area contributed by atoms with Gasteiger partial charge in [-0.1, -0.05) is 55.0 Å². The summed E-state index contributed by atoms with van der Waals surface area (Å²) in [5.74, 6) is 0.0106. The van der Waals surface area contributed by atoms with Crippen LogP contribution >= 0.6 is 11.8 Å². The molecule has 1 aliphatic heterocycles. The van der Waals surface area contributed by atoms with E-state index in [1.807, 2.05) is 63.4 Å². The second-order valence-electron chi connectivity index (χ2n) is 9.11. The van der Waals surface area contributed by atoms with Crippen molar-refractivity contribution in [1.29, 1.82) is 0 Å². The van der Waals surface area contributed by atoms with Crippen molar-refractivity contribution in [2.75, 3.05) is 5.75 Å². The van der Waals surface area contributed by atoms with Crippen LogP contribution in [-0.4, -0.2) is 25.0 Å². The molecule has 0 spiro atoms. The number of ketones is 1. The Bertz CT molecular complexity index is 1100. The van der Waals surface area contributed by atoms with Crippen molar-refractivity contribution in [3.63, 3.8) is 0 Å². The summed E-state index contributed by atoms with van der Waals surface area (Å²) in [7, 11) is -3.99. The molecular weight excluding hydrogens is 418 g/mol. The molecule has 30 heavy (non-hydrogen) atoms. The Labute approximate surface area is 182 Å². The lowest BCUT2D eigenvalue weighted by Gasteiger charge is -2.35. The van der Waals surface area contributed by atoms with E-state index in [1.54, 1.807) is 0 Å². The van der Waals surface area contributed by atoms with Gasteiger partial charge in [0.1, 0.15) is 16.6 Å². The summed E-state index contributed by atoms with van der Waals surface area (Å²) in [6.07, 6.45) is 3.89. The van der Waals surface area contributed by atoms with Gasteiger partial charge >= 0.3 is 10.1 Å². The van der Waals surface area contributed by atoms with E-state index < -0.39 is 15.5 Å². The minimum Gasteiger partial charge on any atom is -0.299 e. The highest BCUT2D eigenvalue weighted by Gasteiger charge is 2.65. The van der Waals surface area contributed by atoms with E-state index >= 15 is 0 Å². The molecule has 7 heteroatoms. The zero-order valence-corrected chi connectivity index (χ0v) is 19.4. The standard InChI is InChI=1S/C23H27NO4S2/c1-15-7-5-6-8-18(15)16(2)19-10-12-29-21(19)24-28-30(26,27)14-23-11-9-17(13-20(23)25)22(23,3)4/h5-8,10,12,17H,9,11,13-14H2,1-4H3/b19-16+,24-21-. The van der Waals surface area contributed by atoms with Crippen LogP contribution in [0.2, 0.25) is 0 Å². The lowest BCUT2D eigenvalue weighted by atomic mass is 9.70. The number of fused-ring (bicyclic) bond motifs is 2. The molecule has 2 atom stereocenters. The van der Waals surface area contributed by atoms with Gasteiger partial charge in [-0.2, -0.15) is 8.42 Å². The molecule has 1 aromatic rings. The van der Waals surface area contributed by atoms with Crippen LogP contribution < -0.4 is 0 Å². The fourth-order valence-electron chi connectivity index (χ4n) is 5.32. The van der Waals surface area contributed by atoms with E-state index in [9.17, 15) is 13.2 Å². The third kappa shape index (κ3) is 3.36. The van der Waals surface area contributed by atoms with Crippen molar-refractivity contribution < 1.29 is 17.5 Å². The molecule has 1 heterocycles. The molecule has 2 aliphatic carbocycles. The zero-order chi connectivity index (χ0) is 21.7. The van der Waals surface area contributed by atoms with Crippen molar-refractivity contribution in [2.24, 2.45) is 21.9 Å². The number of benzene rings is 1. The van der Waals surface area contributed by atoms with Gasteiger partial charge in [-0.05, 0) is 66.2 Å². The van der Waals surface area contributed by atoms with Crippen LogP contribution in [0, 0.1) is 23.7 Å². The molecule has 1 aromatic carbocycles. The molecule has 4 rings (SSSR count). The SMILES string of the molecule is C/C(=C1/C=CS/C1=N\OS(=O)(=O)CC12CCC(CC1=O)C2(C)C)c1ccccc1C. The molecule has 0 radical (unpaired) electrons. The Morgan fingerprint density at radius 3 is 2.67 bits per heavy atom. The summed E-state index contributed by atoms with van der Waals surface area (Å²) in [5.41, 5.74) is 2.90. The van der Waals surface area contributed by atoms with Gasteiger partial charge in [0.25, 0.3) is 0 Å². The molecule has 0 saturated heterocycles. The first-order chi connectivity index (χ1) is 14.1. The average Bonchev–Trinajstić information content (AvgIpc) is 3.29. The zero-order valence-electron chi connectivity index (χ0n) is 17.8. The number of hydrogen-bond acceptors (Lipinski definition) is 6. The minimum absolute atomic E-state index is 0.0523. The van der Waals surface area contributed by atoms with Crippen LogP contribution in [0.4, 0.5) is 0 Å². The quantitative estimate of drug-likeness (QED) is 0.591. The number of carbonyl (C=O) groups is 1. The topological polar surface area (TPSA) is 72.8 Å². The Hall–Kier alpha value is -1.86. The van der Waals surface area contributed by atoms with Crippen molar-refractivity contribution in [2.45, 2.75) is 47.0 Å². The molecular formula is C23H27NO4S2. The second kappa shape index (κ2) is 7.38. The van der Waals surface area contributed by atoms with Gasteiger partial charge in [-0.15, -0.1) is 0 Å². The number of nitrogens with zero attached hydrogens (tertiary/aromatic N) is 1. The summed E-state index contributed by atoms with van der Waals surface area (Å²) in [6, 6.07) is 8.04. The summed E-state index contributed by atoms with van der Waals surface area (Å²) in [5, 5.41) is 6.39. The summed E-state index contributed by atoms with van der Waals surface area (Å²) >= 11 is 1.33. The first-order valence-electron chi connectivity index (χ1n) is 10.2. The average molecular weight is 446 g/mol. The van der Waals surface area contributed by atoms with Gasteiger partial charge in [-0.25, -0.2) is 0 Å². The fraction of sp³-hybridized carbons (Fsp3) is 0.478. The van der Waals surface area contributed by atoms with Crippen LogP contribution in [0.25, 0.3) is 5.57 Å². The molecule has 2 saturated carbocycles. The number of thioether (sulfide) groups is 1. The van der Waals surface area contributed by atoms with Crippen LogP contribution in [0.5, 0.6) is 0 Å². The van der Waals surface area contributed by atoms with Crippen LogP contribution in [0.1, 0.15) is 51.2 Å². The lowest BCUT2D eigenvalue weighted by molar-refractivity contribution is -0.128. The molecule has 2 fully saturated rings. The normalized spacial score (nSPS) is 30.3. The first kappa shape index (κ1) is 21.4. The van der Waals surface area contributed by atoms with E-state index in [1.165, 1.54) is 11.8 Å². The maximum absolute atomic E-state index is 12.8. The molecule has 5 nitrogen and oxygen atoms in total. The van der Waals surface area contributed by atoms with E-state index in [0.717, 1.165) is 28.7 Å². The van der Waals surface area contributed by atoms with Crippen molar-refractivity contribution >= 4 is 38.3 Å². The molecule has 0 aromatic heterocycles. The molecule has 2 bridgehead atoms. The maximum Gasteiger partial charge on any atom is 0.329 e. The van der Waals surface area contributed by atoms with E-state index in [0.29, 0.717) is 17.9 Å². The third-order valence-electron chi connectivity index (χ3n) is 7.39. The maximum atomic E-state index is 12.8. The van der Waals surface area contributed by atoms with Crippen LogP contribution in [-0.2, 0) is 19.2 Å². The second-order valence-corrected chi connectivity index (χ2v) is 11.6. The summed E-state index contributed by atoms with van der Waals surface area (Å²) in [6.45, 7) is 8.06. The molecule has 0 amide bonds. The third-order valence-corrected chi connectivity index (χ3v) is 9.33. The number of Topliss-reactive ketones (excluding diaryl/α,β-unsaturated/α-hetero) is 1. The van der Waals surface area contributed by atoms with Crippen molar-refractivity contribution in [3.05, 3.63) is 52.4 Å². The van der Waals surface area contributed by atoms with Gasteiger partial charge in [0.2, 0.25) is 0 Å². The van der Waals surface area contributed by atoms with Crippen molar-refractivity contribution in [3.8, 4) is 0 Å².